The van der Waals surface area contributed by atoms with E-state index in [1.54, 1.807) is 19.0 Å². The van der Waals surface area contributed by atoms with Crippen molar-refractivity contribution in [3.63, 3.8) is 0 Å². The molecule has 0 bridgehead atoms. The van der Waals surface area contributed by atoms with Crippen LogP contribution in [0.5, 0.6) is 0 Å². The maximum Gasteiger partial charge on any atom is 0.253 e. The Kier molecular flexibility index (Phi) is 8.80. The number of aliphatic imine (C=N–C) groups is 1. The van der Waals surface area contributed by atoms with Gasteiger partial charge in [-0.1, -0.05) is 31.9 Å². The average Bonchev–Trinajstić information content (AvgIpc) is 2.56. The quantitative estimate of drug-likeness (QED) is 0.440. The van der Waals surface area contributed by atoms with E-state index < -0.39 is 0 Å². The molecule has 1 aromatic carbocycles. The zero-order chi connectivity index (χ0) is 17.1. The highest BCUT2D eigenvalue weighted by atomic mass is 16.2. The molecular formula is C18H30N4O. The van der Waals surface area contributed by atoms with Crippen LogP contribution in [0.25, 0.3) is 0 Å². The predicted molar refractivity (Wildman–Crippen MR) is 96.8 cm³/mol. The van der Waals surface area contributed by atoms with Gasteiger partial charge in [-0.15, -0.1) is 0 Å². The van der Waals surface area contributed by atoms with Gasteiger partial charge in [0.15, 0.2) is 5.96 Å². The molecule has 0 aliphatic heterocycles. The van der Waals surface area contributed by atoms with Crippen LogP contribution in [0.4, 0.5) is 0 Å². The van der Waals surface area contributed by atoms with Crippen LogP contribution in [0.15, 0.2) is 29.3 Å². The molecule has 23 heavy (non-hydrogen) atoms. The zero-order valence-corrected chi connectivity index (χ0v) is 14.9. The summed E-state index contributed by atoms with van der Waals surface area (Å²) in [6.45, 7) is 6.64. The summed E-state index contributed by atoms with van der Waals surface area (Å²) in [6.07, 6.45) is 3.60. The summed E-state index contributed by atoms with van der Waals surface area (Å²) in [5.41, 5.74) is 1.79. The number of nitrogens with one attached hydrogen (secondary N) is 2. The van der Waals surface area contributed by atoms with Gasteiger partial charge < -0.3 is 15.5 Å². The molecule has 1 rings (SSSR count). The summed E-state index contributed by atoms with van der Waals surface area (Å²) in [5, 5.41) is 6.60. The van der Waals surface area contributed by atoms with E-state index in [1.807, 2.05) is 24.3 Å². The molecule has 1 aromatic rings. The molecule has 128 valence electrons. The highest BCUT2D eigenvalue weighted by Crippen LogP contribution is 2.07. The van der Waals surface area contributed by atoms with Crippen molar-refractivity contribution in [2.24, 2.45) is 4.99 Å². The molecule has 0 heterocycles. The molecule has 1 amide bonds. The molecule has 0 aliphatic rings. The van der Waals surface area contributed by atoms with Crippen molar-refractivity contribution < 1.29 is 4.79 Å². The maximum absolute atomic E-state index is 11.9. The second kappa shape index (κ2) is 10.6. The Bertz CT molecular complexity index is 494. The lowest BCUT2D eigenvalue weighted by Gasteiger charge is -2.12. The first-order chi connectivity index (χ1) is 11.1. The van der Waals surface area contributed by atoms with E-state index in [0.717, 1.165) is 31.0 Å². The summed E-state index contributed by atoms with van der Waals surface area (Å²) in [4.78, 5) is 18.0. The number of hydrogen-bond donors (Lipinski definition) is 2. The number of unbranched alkanes of at least 4 members (excludes halogenated alkanes) is 2. The largest absolute Gasteiger partial charge is 0.357 e. The number of carbonyl (C=O) groups is 1. The van der Waals surface area contributed by atoms with Crippen molar-refractivity contribution in [3.8, 4) is 0 Å². The van der Waals surface area contributed by atoms with Crippen molar-refractivity contribution in [2.75, 3.05) is 27.2 Å². The number of amides is 1. The Hall–Kier alpha value is -2.04. The van der Waals surface area contributed by atoms with Gasteiger partial charge in [0.05, 0.1) is 6.54 Å². The van der Waals surface area contributed by atoms with Gasteiger partial charge in [-0.05, 0) is 31.0 Å². The molecule has 0 radical (unpaired) electrons. The van der Waals surface area contributed by atoms with Crippen molar-refractivity contribution in [1.82, 2.24) is 15.5 Å². The maximum atomic E-state index is 11.9. The minimum absolute atomic E-state index is 0.0194. The van der Waals surface area contributed by atoms with Crippen LogP contribution in [-0.4, -0.2) is 44.0 Å². The first-order valence-corrected chi connectivity index (χ1v) is 8.41. The van der Waals surface area contributed by atoms with Crippen molar-refractivity contribution >= 4 is 11.9 Å². The lowest BCUT2D eigenvalue weighted by atomic mass is 10.1. The molecule has 5 nitrogen and oxygen atoms in total. The first kappa shape index (κ1) is 19.0. The Morgan fingerprint density at radius 3 is 2.35 bits per heavy atom. The van der Waals surface area contributed by atoms with Gasteiger partial charge >= 0.3 is 0 Å². The van der Waals surface area contributed by atoms with E-state index in [0.29, 0.717) is 12.1 Å². The van der Waals surface area contributed by atoms with Gasteiger partial charge in [-0.3, -0.25) is 4.79 Å². The molecule has 0 fully saturated rings. The molecule has 0 aliphatic carbocycles. The highest BCUT2D eigenvalue weighted by molar-refractivity contribution is 5.93. The van der Waals surface area contributed by atoms with Gasteiger partial charge in [-0.2, -0.15) is 0 Å². The third-order valence-electron chi connectivity index (χ3n) is 3.44. The van der Waals surface area contributed by atoms with Gasteiger partial charge in [0, 0.05) is 32.7 Å². The molecule has 0 saturated heterocycles. The molecule has 0 saturated carbocycles. The number of hydrogen-bond acceptors (Lipinski definition) is 2. The van der Waals surface area contributed by atoms with Crippen molar-refractivity contribution in [3.05, 3.63) is 35.4 Å². The third kappa shape index (κ3) is 7.17. The molecule has 0 aromatic heterocycles. The summed E-state index contributed by atoms with van der Waals surface area (Å²) in [7, 11) is 3.51. The van der Waals surface area contributed by atoms with Crippen LogP contribution in [0.1, 0.15) is 49.0 Å². The van der Waals surface area contributed by atoms with Crippen molar-refractivity contribution in [1.29, 1.82) is 0 Å². The average molecular weight is 318 g/mol. The van der Waals surface area contributed by atoms with Gasteiger partial charge in [0.1, 0.15) is 0 Å². The lowest BCUT2D eigenvalue weighted by molar-refractivity contribution is 0.0827. The summed E-state index contributed by atoms with van der Waals surface area (Å²) in [5.74, 6) is 0.864. The Morgan fingerprint density at radius 1 is 1.09 bits per heavy atom. The number of carbonyl (C=O) groups excluding carboxylic acids is 1. The Balaban J connectivity index is 2.59. The van der Waals surface area contributed by atoms with Crippen LogP contribution < -0.4 is 10.6 Å². The van der Waals surface area contributed by atoms with Crippen LogP contribution >= 0.6 is 0 Å². The van der Waals surface area contributed by atoms with E-state index in [2.05, 4.69) is 29.5 Å². The number of benzene rings is 1. The monoisotopic (exact) mass is 318 g/mol. The van der Waals surface area contributed by atoms with Gasteiger partial charge in [0.2, 0.25) is 0 Å². The van der Waals surface area contributed by atoms with E-state index in [1.165, 1.54) is 12.8 Å². The molecule has 0 spiro atoms. The normalized spacial score (nSPS) is 11.2. The van der Waals surface area contributed by atoms with E-state index in [9.17, 15) is 4.79 Å². The Morgan fingerprint density at radius 2 is 1.78 bits per heavy atom. The zero-order valence-electron chi connectivity index (χ0n) is 14.9. The van der Waals surface area contributed by atoms with Crippen LogP contribution in [0, 0.1) is 0 Å². The molecule has 0 atom stereocenters. The second-order valence-corrected chi connectivity index (χ2v) is 5.73. The van der Waals surface area contributed by atoms with E-state index >= 15 is 0 Å². The lowest BCUT2D eigenvalue weighted by Crippen LogP contribution is -2.37. The number of guanidine groups is 1. The van der Waals surface area contributed by atoms with Gasteiger partial charge in [0.25, 0.3) is 5.91 Å². The summed E-state index contributed by atoms with van der Waals surface area (Å²) in [6, 6.07) is 7.63. The second-order valence-electron chi connectivity index (χ2n) is 5.73. The highest BCUT2D eigenvalue weighted by Gasteiger charge is 2.07. The first-order valence-electron chi connectivity index (χ1n) is 8.41. The van der Waals surface area contributed by atoms with Crippen LogP contribution in [0.2, 0.25) is 0 Å². The minimum Gasteiger partial charge on any atom is -0.357 e. The van der Waals surface area contributed by atoms with Crippen LogP contribution in [0.3, 0.4) is 0 Å². The van der Waals surface area contributed by atoms with E-state index in [4.69, 9.17) is 0 Å². The van der Waals surface area contributed by atoms with Gasteiger partial charge in [-0.25, -0.2) is 4.99 Å². The Labute approximate surface area is 140 Å². The minimum atomic E-state index is 0.0194. The fourth-order valence-electron chi connectivity index (χ4n) is 2.10. The SMILES string of the molecule is CCCCCNC(=NCc1ccc(C(=O)N(C)C)cc1)NCC. The molecule has 0 unspecified atom stereocenters. The summed E-state index contributed by atoms with van der Waals surface area (Å²) >= 11 is 0. The fourth-order valence-corrected chi connectivity index (χ4v) is 2.10. The molecule has 5 heteroatoms. The third-order valence-corrected chi connectivity index (χ3v) is 3.44. The topological polar surface area (TPSA) is 56.7 Å². The number of nitrogens with zero attached hydrogens (tertiary/aromatic N) is 2. The molecular weight excluding hydrogens is 288 g/mol. The van der Waals surface area contributed by atoms with E-state index in [-0.39, 0.29) is 5.91 Å². The van der Waals surface area contributed by atoms with Crippen molar-refractivity contribution in [2.45, 2.75) is 39.7 Å². The fraction of sp³-hybridized carbons (Fsp3) is 0.556. The number of rotatable bonds is 8. The standard InChI is InChI=1S/C18H30N4O/c1-5-7-8-13-20-18(19-6-2)21-14-15-9-11-16(12-10-15)17(23)22(3)4/h9-12H,5-8,13-14H2,1-4H3,(H2,19,20,21). The molecule has 2 N–H and O–H groups in total. The van der Waals surface area contributed by atoms with Crippen LogP contribution in [-0.2, 0) is 6.54 Å². The predicted octanol–water partition coefficient (Wildman–Crippen LogP) is 2.63. The smallest absolute Gasteiger partial charge is 0.253 e. The summed E-state index contributed by atoms with van der Waals surface area (Å²) < 4.78 is 0.